The first-order valence-electron chi connectivity index (χ1n) is 7.35. The predicted octanol–water partition coefficient (Wildman–Crippen LogP) is 3.31. The number of para-hydroxylation sites is 2. The predicted molar refractivity (Wildman–Crippen MR) is 88.2 cm³/mol. The van der Waals surface area contributed by atoms with Gasteiger partial charge in [0, 0.05) is 12.5 Å². The summed E-state index contributed by atoms with van der Waals surface area (Å²) >= 11 is 0. The molecule has 0 radical (unpaired) electrons. The Morgan fingerprint density at radius 2 is 1.70 bits per heavy atom. The van der Waals surface area contributed by atoms with E-state index >= 15 is 0 Å². The molecule has 1 N–H and O–H groups in total. The van der Waals surface area contributed by atoms with Crippen LogP contribution in [-0.4, -0.2) is 24.9 Å². The van der Waals surface area contributed by atoms with E-state index in [1.807, 2.05) is 6.92 Å². The highest BCUT2D eigenvalue weighted by Crippen LogP contribution is 2.24. The van der Waals surface area contributed by atoms with Gasteiger partial charge in [0.15, 0.2) is 12.4 Å². The highest BCUT2D eigenvalue weighted by Gasteiger charge is 2.10. The van der Waals surface area contributed by atoms with E-state index in [9.17, 15) is 9.59 Å². The maximum atomic E-state index is 12.2. The SMILES string of the molecule is CCOc1ccc(C(=O)COc2ccccc2NC(C)=O)cc1. The highest BCUT2D eigenvalue weighted by molar-refractivity contribution is 5.97. The van der Waals surface area contributed by atoms with Crippen molar-refractivity contribution in [2.24, 2.45) is 0 Å². The van der Waals surface area contributed by atoms with Gasteiger partial charge in [0.05, 0.1) is 12.3 Å². The minimum Gasteiger partial charge on any atom is -0.494 e. The molecule has 0 atom stereocenters. The zero-order valence-corrected chi connectivity index (χ0v) is 13.2. The van der Waals surface area contributed by atoms with E-state index in [1.165, 1.54) is 6.92 Å². The fraction of sp³-hybridized carbons (Fsp3) is 0.222. The van der Waals surface area contributed by atoms with E-state index in [0.29, 0.717) is 23.6 Å². The molecule has 120 valence electrons. The molecule has 0 unspecified atom stereocenters. The molecule has 2 aromatic rings. The molecule has 0 saturated carbocycles. The van der Waals surface area contributed by atoms with Crippen LogP contribution in [0.3, 0.4) is 0 Å². The van der Waals surface area contributed by atoms with Crippen molar-refractivity contribution in [3.63, 3.8) is 0 Å². The Balaban J connectivity index is 2.00. The Kier molecular flexibility index (Phi) is 5.74. The summed E-state index contributed by atoms with van der Waals surface area (Å²) in [5, 5.41) is 2.67. The lowest BCUT2D eigenvalue weighted by molar-refractivity contribution is -0.114. The number of amides is 1. The largest absolute Gasteiger partial charge is 0.494 e. The lowest BCUT2D eigenvalue weighted by Crippen LogP contribution is -2.13. The molecule has 0 bridgehead atoms. The average Bonchev–Trinajstić information content (AvgIpc) is 2.54. The molecule has 5 nitrogen and oxygen atoms in total. The van der Waals surface area contributed by atoms with Gasteiger partial charge >= 0.3 is 0 Å². The Morgan fingerprint density at radius 1 is 1.00 bits per heavy atom. The minimum absolute atomic E-state index is 0.107. The zero-order valence-electron chi connectivity index (χ0n) is 13.2. The van der Waals surface area contributed by atoms with Crippen molar-refractivity contribution in [2.75, 3.05) is 18.5 Å². The summed E-state index contributed by atoms with van der Waals surface area (Å²) in [6, 6.07) is 13.9. The number of carbonyl (C=O) groups is 2. The summed E-state index contributed by atoms with van der Waals surface area (Å²) < 4.78 is 10.9. The Labute approximate surface area is 135 Å². The molecular formula is C18H19NO4. The van der Waals surface area contributed by atoms with Crippen LogP contribution in [0.1, 0.15) is 24.2 Å². The van der Waals surface area contributed by atoms with Crippen LogP contribution in [-0.2, 0) is 4.79 Å². The third-order valence-corrected chi connectivity index (χ3v) is 3.04. The van der Waals surface area contributed by atoms with E-state index in [-0.39, 0.29) is 18.3 Å². The van der Waals surface area contributed by atoms with Crippen molar-refractivity contribution >= 4 is 17.4 Å². The Hall–Kier alpha value is -2.82. The molecule has 2 aromatic carbocycles. The van der Waals surface area contributed by atoms with Gasteiger partial charge in [-0.25, -0.2) is 0 Å². The average molecular weight is 313 g/mol. The second-order valence-electron chi connectivity index (χ2n) is 4.85. The number of Topliss-reactive ketones (excluding diaryl/α,β-unsaturated/α-hetero) is 1. The molecule has 0 heterocycles. The number of carbonyl (C=O) groups excluding carboxylic acids is 2. The molecule has 0 fully saturated rings. The maximum Gasteiger partial charge on any atom is 0.221 e. The number of anilines is 1. The molecule has 1 amide bonds. The lowest BCUT2D eigenvalue weighted by Gasteiger charge is -2.11. The maximum absolute atomic E-state index is 12.2. The van der Waals surface area contributed by atoms with Crippen LogP contribution in [0.15, 0.2) is 48.5 Å². The van der Waals surface area contributed by atoms with Gasteiger partial charge in [0.2, 0.25) is 5.91 Å². The van der Waals surface area contributed by atoms with Crippen molar-refractivity contribution < 1.29 is 19.1 Å². The molecule has 0 spiro atoms. The van der Waals surface area contributed by atoms with E-state index in [4.69, 9.17) is 9.47 Å². The van der Waals surface area contributed by atoms with Gasteiger partial charge in [0.1, 0.15) is 11.5 Å². The molecule has 23 heavy (non-hydrogen) atoms. The van der Waals surface area contributed by atoms with Crippen LogP contribution in [0.4, 0.5) is 5.69 Å². The topological polar surface area (TPSA) is 64.6 Å². The number of hydrogen-bond donors (Lipinski definition) is 1. The normalized spacial score (nSPS) is 10.0. The van der Waals surface area contributed by atoms with Crippen LogP contribution in [0, 0.1) is 0 Å². The number of hydrogen-bond acceptors (Lipinski definition) is 4. The molecule has 0 aromatic heterocycles. The summed E-state index contributed by atoms with van der Waals surface area (Å²) in [6.45, 7) is 3.79. The fourth-order valence-corrected chi connectivity index (χ4v) is 2.02. The summed E-state index contributed by atoms with van der Waals surface area (Å²) in [5.41, 5.74) is 1.09. The van der Waals surface area contributed by atoms with Gasteiger partial charge in [-0.1, -0.05) is 12.1 Å². The molecule has 0 saturated heterocycles. The highest BCUT2D eigenvalue weighted by atomic mass is 16.5. The van der Waals surface area contributed by atoms with Crippen LogP contribution >= 0.6 is 0 Å². The third-order valence-electron chi connectivity index (χ3n) is 3.04. The van der Waals surface area contributed by atoms with Gasteiger partial charge in [-0.05, 0) is 43.3 Å². The standard InChI is InChI=1S/C18H19NO4/c1-3-22-15-10-8-14(9-11-15)17(21)12-23-18-7-5-4-6-16(18)19-13(2)20/h4-11H,3,12H2,1-2H3,(H,19,20). The van der Waals surface area contributed by atoms with E-state index < -0.39 is 0 Å². The van der Waals surface area contributed by atoms with Crippen LogP contribution in [0.5, 0.6) is 11.5 Å². The van der Waals surface area contributed by atoms with E-state index in [2.05, 4.69) is 5.32 Å². The van der Waals surface area contributed by atoms with E-state index in [0.717, 1.165) is 5.75 Å². The molecule has 5 heteroatoms. The van der Waals surface area contributed by atoms with E-state index in [1.54, 1.807) is 48.5 Å². The second kappa shape index (κ2) is 7.98. The van der Waals surface area contributed by atoms with Gasteiger partial charge < -0.3 is 14.8 Å². The Morgan fingerprint density at radius 3 is 2.35 bits per heavy atom. The smallest absolute Gasteiger partial charge is 0.221 e. The monoisotopic (exact) mass is 313 g/mol. The molecular weight excluding hydrogens is 294 g/mol. The summed E-state index contributed by atoms with van der Waals surface area (Å²) in [6.07, 6.45) is 0. The van der Waals surface area contributed by atoms with Crippen LogP contribution < -0.4 is 14.8 Å². The van der Waals surface area contributed by atoms with Crippen molar-refractivity contribution in [3.8, 4) is 11.5 Å². The van der Waals surface area contributed by atoms with Gasteiger partial charge in [-0.15, -0.1) is 0 Å². The number of benzene rings is 2. The van der Waals surface area contributed by atoms with Crippen molar-refractivity contribution in [2.45, 2.75) is 13.8 Å². The Bertz CT molecular complexity index is 680. The fourth-order valence-electron chi connectivity index (χ4n) is 2.02. The number of ketones is 1. The first-order valence-corrected chi connectivity index (χ1v) is 7.35. The number of ether oxygens (including phenoxy) is 2. The summed E-state index contributed by atoms with van der Waals surface area (Å²) in [7, 11) is 0. The first-order chi connectivity index (χ1) is 11.1. The molecule has 0 aliphatic heterocycles. The van der Waals surface area contributed by atoms with Crippen molar-refractivity contribution in [1.82, 2.24) is 0 Å². The molecule has 2 rings (SSSR count). The van der Waals surface area contributed by atoms with Crippen molar-refractivity contribution in [3.05, 3.63) is 54.1 Å². The quantitative estimate of drug-likeness (QED) is 0.797. The second-order valence-corrected chi connectivity index (χ2v) is 4.85. The van der Waals surface area contributed by atoms with Crippen molar-refractivity contribution in [1.29, 1.82) is 0 Å². The van der Waals surface area contributed by atoms with Crippen LogP contribution in [0.2, 0.25) is 0 Å². The van der Waals surface area contributed by atoms with Crippen LogP contribution in [0.25, 0.3) is 0 Å². The number of nitrogens with one attached hydrogen (secondary N) is 1. The third kappa shape index (κ3) is 4.85. The minimum atomic E-state index is -0.195. The zero-order chi connectivity index (χ0) is 16.7. The van der Waals surface area contributed by atoms with Gasteiger partial charge in [0.25, 0.3) is 0 Å². The van der Waals surface area contributed by atoms with Gasteiger partial charge in [-0.3, -0.25) is 9.59 Å². The molecule has 0 aliphatic rings. The lowest BCUT2D eigenvalue weighted by atomic mass is 10.1. The molecule has 0 aliphatic carbocycles. The summed E-state index contributed by atoms with van der Waals surface area (Å²) in [5.74, 6) is 0.840. The van der Waals surface area contributed by atoms with Gasteiger partial charge in [-0.2, -0.15) is 0 Å². The number of rotatable bonds is 7. The summed E-state index contributed by atoms with van der Waals surface area (Å²) in [4.78, 5) is 23.3. The first kappa shape index (κ1) is 16.5.